The van der Waals surface area contributed by atoms with Crippen LogP contribution in [0.3, 0.4) is 0 Å². The van der Waals surface area contributed by atoms with Crippen molar-refractivity contribution in [2.75, 3.05) is 7.11 Å². The standard InChI is InChI=1S/C16H24O2/c1-6-15-16(18-15)12(4)9-14-10(2)7-13(17-5)8-11(14)3/h7-8,12,15-16H,6,9H2,1-5H3. The number of hydrogen-bond donors (Lipinski definition) is 0. The van der Waals surface area contributed by atoms with Crippen molar-refractivity contribution in [2.45, 2.75) is 52.7 Å². The van der Waals surface area contributed by atoms with Gasteiger partial charge in [0.1, 0.15) is 5.75 Å². The highest BCUT2D eigenvalue weighted by Gasteiger charge is 2.41. The van der Waals surface area contributed by atoms with E-state index in [2.05, 4.69) is 39.8 Å². The van der Waals surface area contributed by atoms with Crippen LogP contribution >= 0.6 is 0 Å². The number of rotatable bonds is 5. The number of ether oxygens (including phenoxy) is 2. The summed E-state index contributed by atoms with van der Waals surface area (Å²) in [5.74, 6) is 1.55. The highest BCUT2D eigenvalue weighted by atomic mass is 16.6. The lowest BCUT2D eigenvalue weighted by molar-refractivity contribution is 0.322. The Bertz CT molecular complexity index is 402. The lowest BCUT2D eigenvalue weighted by atomic mass is 9.90. The monoisotopic (exact) mass is 248 g/mol. The summed E-state index contributed by atoms with van der Waals surface area (Å²) in [4.78, 5) is 0. The van der Waals surface area contributed by atoms with E-state index in [4.69, 9.17) is 9.47 Å². The third-order valence-corrected chi connectivity index (χ3v) is 4.02. The van der Waals surface area contributed by atoms with Crippen LogP contribution in [0.25, 0.3) is 0 Å². The molecule has 100 valence electrons. The molecule has 2 heteroatoms. The minimum Gasteiger partial charge on any atom is -0.497 e. The van der Waals surface area contributed by atoms with Gasteiger partial charge < -0.3 is 9.47 Å². The summed E-state index contributed by atoms with van der Waals surface area (Å²) in [5, 5.41) is 0. The van der Waals surface area contributed by atoms with Crippen LogP contribution in [0, 0.1) is 19.8 Å². The molecule has 3 unspecified atom stereocenters. The molecule has 0 aromatic heterocycles. The SMILES string of the molecule is CCC1OC1C(C)Cc1c(C)cc(OC)cc1C. The van der Waals surface area contributed by atoms with Gasteiger partial charge in [-0.3, -0.25) is 0 Å². The van der Waals surface area contributed by atoms with E-state index in [0.29, 0.717) is 18.1 Å². The number of benzene rings is 1. The molecule has 0 radical (unpaired) electrons. The van der Waals surface area contributed by atoms with Gasteiger partial charge in [0.2, 0.25) is 0 Å². The Labute approximate surface area is 110 Å². The molecule has 0 spiro atoms. The second kappa shape index (κ2) is 5.31. The number of aryl methyl sites for hydroxylation is 2. The summed E-state index contributed by atoms with van der Waals surface area (Å²) in [6.07, 6.45) is 3.20. The van der Waals surface area contributed by atoms with Crippen molar-refractivity contribution in [2.24, 2.45) is 5.92 Å². The van der Waals surface area contributed by atoms with Gasteiger partial charge in [-0.25, -0.2) is 0 Å². The maximum absolute atomic E-state index is 5.70. The Morgan fingerprint density at radius 2 is 1.89 bits per heavy atom. The van der Waals surface area contributed by atoms with Gasteiger partial charge in [0, 0.05) is 0 Å². The van der Waals surface area contributed by atoms with E-state index in [0.717, 1.165) is 18.6 Å². The highest BCUT2D eigenvalue weighted by Crippen LogP contribution is 2.35. The molecule has 1 heterocycles. The van der Waals surface area contributed by atoms with E-state index in [1.54, 1.807) is 7.11 Å². The van der Waals surface area contributed by atoms with Crippen LogP contribution in [0.2, 0.25) is 0 Å². The quantitative estimate of drug-likeness (QED) is 0.742. The third kappa shape index (κ3) is 2.69. The molecule has 2 nitrogen and oxygen atoms in total. The predicted octanol–water partition coefficient (Wildman–Crippen LogP) is 3.67. The summed E-state index contributed by atoms with van der Waals surface area (Å²) in [5.41, 5.74) is 4.11. The van der Waals surface area contributed by atoms with Gasteiger partial charge in [-0.1, -0.05) is 13.8 Å². The lowest BCUT2D eigenvalue weighted by Gasteiger charge is -2.15. The Balaban J connectivity index is 2.09. The molecule has 0 N–H and O–H groups in total. The second-order valence-corrected chi connectivity index (χ2v) is 5.47. The maximum Gasteiger partial charge on any atom is 0.119 e. The normalized spacial score (nSPS) is 23.8. The van der Waals surface area contributed by atoms with Crippen LogP contribution in [0.15, 0.2) is 12.1 Å². The molecule has 2 rings (SSSR count). The highest BCUT2D eigenvalue weighted by molar-refractivity contribution is 5.41. The van der Waals surface area contributed by atoms with E-state index in [-0.39, 0.29) is 0 Å². The Hall–Kier alpha value is -1.02. The van der Waals surface area contributed by atoms with Crippen LogP contribution in [-0.2, 0) is 11.2 Å². The first kappa shape index (κ1) is 13.4. The van der Waals surface area contributed by atoms with Crippen molar-refractivity contribution in [1.82, 2.24) is 0 Å². The molecular weight excluding hydrogens is 224 g/mol. The molecular formula is C16H24O2. The average Bonchev–Trinajstić information content (AvgIpc) is 3.12. The van der Waals surface area contributed by atoms with Crippen LogP contribution in [0.4, 0.5) is 0 Å². The van der Waals surface area contributed by atoms with Crippen LogP contribution in [-0.4, -0.2) is 19.3 Å². The molecule has 1 aromatic carbocycles. The van der Waals surface area contributed by atoms with Crippen LogP contribution in [0.1, 0.15) is 37.0 Å². The van der Waals surface area contributed by atoms with E-state index in [1.807, 2.05) is 0 Å². The average molecular weight is 248 g/mol. The minimum atomic E-state index is 0.468. The van der Waals surface area contributed by atoms with Gasteiger partial charge in [-0.2, -0.15) is 0 Å². The van der Waals surface area contributed by atoms with Gasteiger partial charge in [0.15, 0.2) is 0 Å². The first-order chi connectivity index (χ1) is 8.56. The first-order valence-electron chi connectivity index (χ1n) is 6.86. The molecule has 0 saturated carbocycles. The van der Waals surface area contributed by atoms with Gasteiger partial charge >= 0.3 is 0 Å². The largest absolute Gasteiger partial charge is 0.497 e. The van der Waals surface area contributed by atoms with Crippen LogP contribution in [0.5, 0.6) is 5.75 Å². The minimum absolute atomic E-state index is 0.468. The van der Waals surface area contributed by atoms with Crippen molar-refractivity contribution in [1.29, 1.82) is 0 Å². The molecule has 1 aromatic rings. The molecule has 1 saturated heterocycles. The summed E-state index contributed by atoms with van der Waals surface area (Å²) in [6.45, 7) is 8.83. The summed E-state index contributed by atoms with van der Waals surface area (Å²) >= 11 is 0. The van der Waals surface area contributed by atoms with Gasteiger partial charge in [0.05, 0.1) is 19.3 Å². The number of hydrogen-bond acceptors (Lipinski definition) is 2. The summed E-state index contributed by atoms with van der Waals surface area (Å²) in [6, 6.07) is 4.25. The fraction of sp³-hybridized carbons (Fsp3) is 0.625. The van der Waals surface area contributed by atoms with Crippen molar-refractivity contribution in [3.8, 4) is 5.75 Å². The topological polar surface area (TPSA) is 21.8 Å². The van der Waals surface area contributed by atoms with E-state index >= 15 is 0 Å². The van der Waals surface area contributed by atoms with Crippen molar-refractivity contribution >= 4 is 0 Å². The predicted molar refractivity (Wildman–Crippen MR) is 74.3 cm³/mol. The Morgan fingerprint density at radius 3 is 2.33 bits per heavy atom. The van der Waals surface area contributed by atoms with E-state index < -0.39 is 0 Å². The number of epoxide rings is 1. The fourth-order valence-corrected chi connectivity index (χ4v) is 2.82. The van der Waals surface area contributed by atoms with Crippen molar-refractivity contribution < 1.29 is 9.47 Å². The molecule has 0 aliphatic carbocycles. The molecule has 18 heavy (non-hydrogen) atoms. The summed E-state index contributed by atoms with van der Waals surface area (Å²) in [7, 11) is 1.72. The zero-order chi connectivity index (χ0) is 13.3. The molecule has 3 atom stereocenters. The molecule has 1 fully saturated rings. The second-order valence-electron chi connectivity index (χ2n) is 5.47. The van der Waals surface area contributed by atoms with Gasteiger partial charge in [-0.05, 0) is 61.4 Å². The van der Waals surface area contributed by atoms with Gasteiger partial charge in [-0.15, -0.1) is 0 Å². The fourth-order valence-electron chi connectivity index (χ4n) is 2.82. The number of methoxy groups -OCH3 is 1. The van der Waals surface area contributed by atoms with Crippen molar-refractivity contribution in [3.63, 3.8) is 0 Å². The zero-order valence-corrected chi connectivity index (χ0v) is 12.1. The third-order valence-electron chi connectivity index (χ3n) is 4.02. The van der Waals surface area contributed by atoms with E-state index in [9.17, 15) is 0 Å². The summed E-state index contributed by atoms with van der Waals surface area (Å²) < 4.78 is 11.0. The first-order valence-corrected chi connectivity index (χ1v) is 6.86. The molecule has 0 amide bonds. The van der Waals surface area contributed by atoms with Gasteiger partial charge in [0.25, 0.3) is 0 Å². The van der Waals surface area contributed by atoms with Crippen molar-refractivity contribution in [3.05, 3.63) is 28.8 Å². The van der Waals surface area contributed by atoms with Crippen LogP contribution < -0.4 is 4.74 Å². The molecule has 1 aliphatic rings. The Kier molecular flexibility index (Phi) is 3.96. The maximum atomic E-state index is 5.70. The smallest absolute Gasteiger partial charge is 0.119 e. The zero-order valence-electron chi connectivity index (χ0n) is 12.1. The lowest BCUT2D eigenvalue weighted by Crippen LogP contribution is -2.11. The van der Waals surface area contributed by atoms with E-state index in [1.165, 1.54) is 16.7 Å². The molecule has 0 bridgehead atoms. The Morgan fingerprint density at radius 1 is 1.28 bits per heavy atom. The molecule has 1 aliphatic heterocycles.